The van der Waals surface area contributed by atoms with Gasteiger partial charge in [-0.2, -0.15) is 4.98 Å². The highest BCUT2D eigenvalue weighted by Crippen LogP contribution is 2.37. The lowest BCUT2D eigenvalue weighted by atomic mass is 9.95. The van der Waals surface area contributed by atoms with Crippen molar-refractivity contribution in [1.29, 1.82) is 0 Å². The first-order valence-corrected chi connectivity index (χ1v) is 14.6. The fourth-order valence-electron chi connectivity index (χ4n) is 6.18. The molecule has 1 atom stereocenters. The molecule has 1 saturated heterocycles. The van der Waals surface area contributed by atoms with E-state index in [9.17, 15) is 14.4 Å². The minimum Gasteiger partial charge on any atom is -0.350 e. The largest absolute Gasteiger partial charge is 0.355 e. The molecule has 44 heavy (non-hydrogen) atoms. The van der Waals surface area contributed by atoms with Gasteiger partial charge >= 0.3 is 5.69 Å². The van der Waals surface area contributed by atoms with Gasteiger partial charge in [0.15, 0.2) is 11.5 Å². The van der Waals surface area contributed by atoms with E-state index in [1.807, 2.05) is 43.9 Å². The second-order valence-electron chi connectivity index (χ2n) is 11.5. The van der Waals surface area contributed by atoms with Crippen LogP contribution in [0.15, 0.2) is 59.9 Å². The van der Waals surface area contributed by atoms with Crippen molar-refractivity contribution in [3.05, 3.63) is 88.4 Å². The summed E-state index contributed by atoms with van der Waals surface area (Å²) < 4.78 is 32.9. The lowest BCUT2D eigenvalue weighted by Gasteiger charge is -2.40. The maximum atomic E-state index is 16.2. The molecule has 4 heterocycles. The van der Waals surface area contributed by atoms with Crippen LogP contribution in [0, 0.1) is 11.6 Å². The number of rotatable bonds is 3. The SMILES string of the molecule is C=CC(=O)N1CCN(c2nc(=O)n3c4nc(c(F)cc24)-c2c(F)cccc2NC(=O)CCc2cccc(C(C)C)c2-3)[C@@H](C)C1. The van der Waals surface area contributed by atoms with Crippen LogP contribution in [-0.4, -0.2) is 56.9 Å². The van der Waals surface area contributed by atoms with Gasteiger partial charge in [0.1, 0.15) is 17.3 Å². The number of piperazine rings is 1. The van der Waals surface area contributed by atoms with Gasteiger partial charge in [-0.1, -0.05) is 44.7 Å². The third-order valence-corrected chi connectivity index (χ3v) is 8.33. The molecule has 0 aliphatic carbocycles. The van der Waals surface area contributed by atoms with Gasteiger partial charge in [0.2, 0.25) is 11.8 Å². The zero-order chi connectivity index (χ0) is 31.3. The molecule has 1 fully saturated rings. The predicted molar refractivity (Wildman–Crippen MR) is 165 cm³/mol. The topological polar surface area (TPSA) is 100 Å². The monoisotopic (exact) mass is 598 g/mol. The zero-order valence-electron chi connectivity index (χ0n) is 24.7. The van der Waals surface area contributed by atoms with E-state index >= 15 is 8.78 Å². The van der Waals surface area contributed by atoms with E-state index in [2.05, 4.69) is 21.9 Å². The number of carbonyl (C=O) groups is 2. The Morgan fingerprint density at radius 3 is 2.57 bits per heavy atom. The van der Waals surface area contributed by atoms with Crippen LogP contribution in [0.4, 0.5) is 20.3 Å². The number of fused-ring (bicyclic) bond motifs is 5. The van der Waals surface area contributed by atoms with Crippen LogP contribution in [0.3, 0.4) is 0 Å². The van der Waals surface area contributed by atoms with Gasteiger partial charge in [-0.15, -0.1) is 0 Å². The van der Waals surface area contributed by atoms with Gasteiger partial charge in [0.25, 0.3) is 0 Å². The molecule has 226 valence electrons. The quantitative estimate of drug-likeness (QED) is 0.335. The van der Waals surface area contributed by atoms with Crippen molar-refractivity contribution in [2.24, 2.45) is 0 Å². The van der Waals surface area contributed by atoms with Crippen molar-refractivity contribution in [3.8, 4) is 16.9 Å². The number of hydrogen-bond donors (Lipinski definition) is 1. The lowest BCUT2D eigenvalue weighted by Crippen LogP contribution is -2.54. The number of aromatic nitrogens is 3. The van der Waals surface area contributed by atoms with Crippen molar-refractivity contribution >= 4 is 34.4 Å². The second kappa shape index (κ2) is 11.3. The summed E-state index contributed by atoms with van der Waals surface area (Å²) in [7, 11) is 0. The zero-order valence-corrected chi connectivity index (χ0v) is 24.7. The summed E-state index contributed by atoms with van der Waals surface area (Å²) in [5.74, 6) is -1.99. The molecule has 0 radical (unpaired) electrons. The third kappa shape index (κ3) is 4.91. The van der Waals surface area contributed by atoms with Gasteiger partial charge in [-0.25, -0.2) is 23.1 Å². The van der Waals surface area contributed by atoms with Crippen molar-refractivity contribution in [3.63, 3.8) is 0 Å². The molecule has 1 N–H and O–H groups in total. The molecule has 9 nitrogen and oxygen atoms in total. The Hall–Kier alpha value is -4.93. The number of hydrogen-bond acceptors (Lipinski definition) is 6. The van der Waals surface area contributed by atoms with E-state index in [0.29, 0.717) is 25.3 Å². The first-order valence-electron chi connectivity index (χ1n) is 14.6. The Balaban J connectivity index is 1.70. The number of benzene rings is 2. The number of anilines is 2. The predicted octanol–water partition coefficient (Wildman–Crippen LogP) is 4.96. The second-order valence-corrected chi connectivity index (χ2v) is 11.5. The van der Waals surface area contributed by atoms with Crippen LogP contribution < -0.4 is 15.9 Å². The van der Waals surface area contributed by atoms with Crippen LogP contribution in [-0.2, 0) is 16.0 Å². The Labute approximate surface area is 252 Å². The molecule has 6 rings (SSSR count). The van der Waals surface area contributed by atoms with Gasteiger partial charge in [-0.05, 0) is 54.7 Å². The smallest absolute Gasteiger partial charge is 0.350 e. The van der Waals surface area contributed by atoms with Gasteiger partial charge < -0.3 is 15.1 Å². The van der Waals surface area contributed by atoms with E-state index < -0.39 is 17.3 Å². The van der Waals surface area contributed by atoms with E-state index in [4.69, 9.17) is 0 Å². The number of aryl methyl sites for hydroxylation is 1. The molecule has 0 unspecified atom stereocenters. The van der Waals surface area contributed by atoms with Gasteiger partial charge in [-0.3, -0.25) is 9.59 Å². The van der Waals surface area contributed by atoms with E-state index in [-0.39, 0.29) is 70.4 Å². The average Bonchev–Trinajstić information content (AvgIpc) is 2.99. The summed E-state index contributed by atoms with van der Waals surface area (Å²) in [5, 5.41) is 3.00. The fraction of sp³-hybridized carbons (Fsp3) is 0.303. The summed E-state index contributed by atoms with van der Waals surface area (Å²) in [6.45, 7) is 10.5. The average molecular weight is 599 g/mol. The number of carbonyl (C=O) groups excluding carboxylic acids is 2. The number of nitrogens with zero attached hydrogens (tertiary/aromatic N) is 5. The minimum absolute atomic E-state index is 0.0260. The highest BCUT2D eigenvalue weighted by Gasteiger charge is 2.31. The first kappa shape index (κ1) is 29.2. The Morgan fingerprint density at radius 2 is 1.84 bits per heavy atom. The third-order valence-electron chi connectivity index (χ3n) is 8.33. The van der Waals surface area contributed by atoms with Crippen molar-refractivity contribution < 1.29 is 18.4 Å². The molecule has 2 amide bonds. The number of amides is 2. The summed E-state index contributed by atoms with van der Waals surface area (Å²) in [6, 6.07) is 10.7. The van der Waals surface area contributed by atoms with Crippen molar-refractivity contribution in [2.45, 2.75) is 45.6 Å². The fourth-order valence-corrected chi connectivity index (χ4v) is 6.18. The normalized spacial score (nSPS) is 16.7. The van der Waals surface area contributed by atoms with Gasteiger partial charge in [0, 0.05) is 32.1 Å². The summed E-state index contributed by atoms with van der Waals surface area (Å²) in [4.78, 5) is 52.2. The van der Waals surface area contributed by atoms with Crippen molar-refractivity contribution in [2.75, 3.05) is 29.9 Å². The number of nitrogens with one attached hydrogen (secondary N) is 1. The van der Waals surface area contributed by atoms with E-state index in [1.165, 1.54) is 34.9 Å². The Morgan fingerprint density at radius 1 is 1.07 bits per heavy atom. The Bertz CT molecular complexity index is 1900. The summed E-state index contributed by atoms with van der Waals surface area (Å²) >= 11 is 0. The van der Waals surface area contributed by atoms with Crippen LogP contribution in [0.5, 0.6) is 0 Å². The number of pyridine rings is 1. The first-order chi connectivity index (χ1) is 21.1. The molecule has 2 aliphatic heterocycles. The maximum absolute atomic E-state index is 16.2. The summed E-state index contributed by atoms with van der Waals surface area (Å²) in [5.41, 5.74) is 1.08. The van der Waals surface area contributed by atoms with Crippen molar-refractivity contribution in [1.82, 2.24) is 19.4 Å². The molecule has 0 spiro atoms. The van der Waals surface area contributed by atoms with Gasteiger partial charge in [0.05, 0.1) is 22.3 Å². The molecule has 4 aromatic rings. The van der Waals surface area contributed by atoms with Crippen LogP contribution in [0.2, 0.25) is 0 Å². The molecule has 2 aromatic heterocycles. The highest BCUT2D eigenvalue weighted by atomic mass is 19.1. The highest BCUT2D eigenvalue weighted by molar-refractivity contribution is 5.97. The molecule has 2 bridgehead atoms. The number of para-hydroxylation sites is 1. The molecule has 0 saturated carbocycles. The van der Waals surface area contributed by atoms with Crippen LogP contribution in [0.25, 0.3) is 28.0 Å². The van der Waals surface area contributed by atoms with Crippen LogP contribution >= 0.6 is 0 Å². The molecule has 2 aromatic carbocycles. The maximum Gasteiger partial charge on any atom is 0.355 e. The standard InChI is InChI=1S/C33H32F2N6O3/c1-5-27(43)39-14-15-40(19(4)17-39)31-22-16-24(35)29-28-23(34)10-7-11-25(28)36-26(42)13-12-20-8-6-9-21(18(2)3)30(20)41(32(22)37-29)33(44)38-31/h5-11,16,18-19H,1,12-15,17H2,2-4H3,(H,36,42)/t19-/m0/s1. The van der Waals surface area contributed by atoms with E-state index in [0.717, 1.165) is 11.1 Å². The number of halogens is 2. The Kier molecular flexibility index (Phi) is 7.48. The minimum atomic E-state index is -0.839. The molecular formula is C33H32F2N6O3. The summed E-state index contributed by atoms with van der Waals surface area (Å²) in [6.07, 6.45) is 1.59. The van der Waals surface area contributed by atoms with E-state index in [1.54, 1.807) is 4.90 Å². The molecule has 11 heteroatoms. The molecular weight excluding hydrogens is 566 g/mol. The van der Waals surface area contributed by atoms with Crippen LogP contribution in [0.1, 0.15) is 44.2 Å². The lowest BCUT2D eigenvalue weighted by molar-refractivity contribution is -0.126. The molecule has 2 aliphatic rings.